The first kappa shape index (κ1) is 15.8. The lowest BCUT2D eigenvalue weighted by atomic mass is 10.2. The molecule has 1 atom stereocenters. The largest absolute Gasteiger partial charge is 0.486 e. The van der Waals surface area contributed by atoms with Crippen LogP contribution in [0.5, 0.6) is 11.5 Å². The van der Waals surface area contributed by atoms with Crippen LogP contribution in [0.1, 0.15) is 11.1 Å². The van der Waals surface area contributed by atoms with E-state index in [1.54, 1.807) is 12.1 Å². The third-order valence-electron chi connectivity index (χ3n) is 3.60. The molecule has 2 aromatic carbocycles. The van der Waals surface area contributed by atoms with Crippen molar-refractivity contribution in [3.63, 3.8) is 0 Å². The summed E-state index contributed by atoms with van der Waals surface area (Å²) < 4.78 is 40.9. The van der Waals surface area contributed by atoms with Gasteiger partial charge in [-0.1, -0.05) is 29.8 Å². The Labute approximate surface area is 135 Å². The molecule has 3 rings (SSSR count). The molecular formula is C17H18O5S. The molecule has 0 fully saturated rings. The fourth-order valence-corrected chi connectivity index (χ4v) is 3.23. The molecular weight excluding hydrogens is 316 g/mol. The molecule has 0 saturated carbocycles. The van der Waals surface area contributed by atoms with E-state index in [0.29, 0.717) is 11.5 Å². The number of rotatable bonds is 4. The Bertz CT molecular complexity index is 796. The van der Waals surface area contributed by atoms with E-state index in [2.05, 4.69) is 0 Å². The van der Waals surface area contributed by atoms with E-state index >= 15 is 0 Å². The SMILES string of the molecule is Cc1ccc(S(=O)(=O)OC[C@H]2COc3cccc(C)c3O2)cc1. The molecule has 0 N–H and O–H groups in total. The molecule has 0 unspecified atom stereocenters. The molecule has 0 radical (unpaired) electrons. The van der Waals surface area contributed by atoms with Crippen molar-refractivity contribution in [2.75, 3.05) is 13.2 Å². The smallest absolute Gasteiger partial charge is 0.297 e. The zero-order valence-corrected chi connectivity index (χ0v) is 13.8. The maximum absolute atomic E-state index is 12.2. The highest BCUT2D eigenvalue weighted by atomic mass is 32.2. The highest BCUT2D eigenvalue weighted by Gasteiger charge is 2.25. The summed E-state index contributed by atoms with van der Waals surface area (Å²) in [4.78, 5) is 0.136. The van der Waals surface area contributed by atoms with Crippen LogP contribution >= 0.6 is 0 Å². The molecule has 0 amide bonds. The standard InChI is InChI=1S/C17H18O5S/c1-12-6-8-15(9-7-12)23(18,19)21-11-14-10-20-16-5-3-4-13(2)17(16)22-14/h3-9,14H,10-11H2,1-2H3/t14-/m1/s1. The van der Waals surface area contributed by atoms with Gasteiger partial charge in [0.2, 0.25) is 0 Å². The van der Waals surface area contributed by atoms with Gasteiger partial charge in [0.05, 0.1) is 4.90 Å². The van der Waals surface area contributed by atoms with Crippen molar-refractivity contribution in [1.29, 1.82) is 0 Å². The average Bonchev–Trinajstić information content (AvgIpc) is 2.54. The first-order chi connectivity index (χ1) is 11.0. The zero-order valence-electron chi connectivity index (χ0n) is 13.0. The molecule has 6 heteroatoms. The molecule has 5 nitrogen and oxygen atoms in total. The molecule has 122 valence electrons. The Balaban J connectivity index is 1.67. The molecule has 1 heterocycles. The van der Waals surface area contributed by atoms with E-state index in [9.17, 15) is 8.42 Å². The van der Waals surface area contributed by atoms with Gasteiger partial charge >= 0.3 is 0 Å². The third kappa shape index (κ3) is 3.48. The Morgan fingerprint density at radius 3 is 2.61 bits per heavy atom. The predicted octanol–water partition coefficient (Wildman–Crippen LogP) is 2.85. The monoisotopic (exact) mass is 334 g/mol. The number of benzene rings is 2. The maximum Gasteiger partial charge on any atom is 0.297 e. The quantitative estimate of drug-likeness (QED) is 0.805. The van der Waals surface area contributed by atoms with Gasteiger partial charge in [-0.2, -0.15) is 8.42 Å². The van der Waals surface area contributed by atoms with E-state index in [4.69, 9.17) is 13.7 Å². The highest BCUT2D eigenvalue weighted by molar-refractivity contribution is 7.86. The van der Waals surface area contributed by atoms with Crippen molar-refractivity contribution < 1.29 is 22.1 Å². The third-order valence-corrected chi connectivity index (χ3v) is 4.90. The molecule has 0 spiro atoms. The van der Waals surface area contributed by atoms with Crippen LogP contribution in [0.15, 0.2) is 47.4 Å². The van der Waals surface area contributed by atoms with Gasteiger partial charge in [-0.15, -0.1) is 0 Å². The predicted molar refractivity (Wildman–Crippen MR) is 85.4 cm³/mol. The summed E-state index contributed by atoms with van der Waals surface area (Å²) in [7, 11) is -3.80. The van der Waals surface area contributed by atoms with Crippen LogP contribution in [-0.4, -0.2) is 27.7 Å². The van der Waals surface area contributed by atoms with Crippen LogP contribution in [0.4, 0.5) is 0 Å². The second-order valence-electron chi connectivity index (χ2n) is 5.50. The Morgan fingerprint density at radius 2 is 1.87 bits per heavy atom. The Morgan fingerprint density at radius 1 is 1.13 bits per heavy atom. The minimum absolute atomic E-state index is 0.0933. The molecule has 23 heavy (non-hydrogen) atoms. The molecule has 1 aliphatic rings. The number of hydrogen-bond acceptors (Lipinski definition) is 5. The van der Waals surface area contributed by atoms with Gasteiger partial charge in [0.1, 0.15) is 13.2 Å². The van der Waals surface area contributed by atoms with Gasteiger partial charge in [0.25, 0.3) is 10.1 Å². The second kappa shape index (κ2) is 6.22. The molecule has 0 aliphatic carbocycles. The maximum atomic E-state index is 12.2. The fourth-order valence-electron chi connectivity index (χ4n) is 2.29. The van der Waals surface area contributed by atoms with Crippen molar-refractivity contribution >= 4 is 10.1 Å². The molecule has 1 aliphatic heterocycles. The van der Waals surface area contributed by atoms with E-state index in [1.165, 1.54) is 12.1 Å². The summed E-state index contributed by atoms with van der Waals surface area (Å²) in [5, 5.41) is 0. The second-order valence-corrected chi connectivity index (χ2v) is 7.12. The lowest BCUT2D eigenvalue weighted by Crippen LogP contribution is -2.34. The summed E-state index contributed by atoms with van der Waals surface area (Å²) in [6.07, 6.45) is -0.469. The Hall–Kier alpha value is -2.05. The van der Waals surface area contributed by atoms with Crippen molar-refractivity contribution in [2.24, 2.45) is 0 Å². The van der Waals surface area contributed by atoms with Gasteiger partial charge < -0.3 is 9.47 Å². The first-order valence-corrected chi connectivity index (χ1v) is 8.72. The summed E-state index contributed by atoms with van der Waals surface area (Å²) in [5.74, 6) is 1.31. The normalized spacial score (nSPS) is 17.0. The van der Waals surface area contributed by atoms with Gasteiger partial charge in [-0.25, -0.2) is 0 Å². The number of fused-ring (bicyclic) bond motifs is 1. The van der Waals surface area contributed by atoms with Gasteiger partial charge in [0, 0.05) is 0 Å². The fraction of sp³-hybridized carbons (Fsp3) is 0.294. The van der Waals surface area contributed by atoms with Crippen molar-refractivity contribution in [3.8, 4) is 11.5 Å². The summed E-state index contributed by atoms with van der Waals surface area (Å²) in [6, 6.07) is 12.1. The van der Waals surface area contributed by atoms with Crippen LogP contribution in [0.25, 0.3) is 0 Å². The van der Waals surface area contributed by atoms with Gasteiger partial charge in [-0.3, -0.25) is 4.18 Å². The highest BCUT2D eigenvalue weighted by Crippen LogP contribution is 2.34. The average molecular weight is 334 g/mol. The van der Waals surface area contributed by atoms with Crippen LogP contribution in [-0.2, 0) is 14.3 Å². The van der Waals surface area contributed by atoms with E-state index in [-0.39, 0.29) is 18.1 Å². The molecule has 0 saturated heterocycles. The van der Waals surface area contributed by atoms with E-state index in [1.807, 2.05) is 32.0 Å². The zero-order chi connectivity index (χ0) is 16.4. The number of aryl methyl sites for hydroxylation is 2. The minimum atomic E-state index is -3.80. The molecule has 2 aromatic rings. The van der Waals surface area contributed by atoms with Crippen LogP contribution in [0, 0.1) is 13.8 Å². The van der Waals surface area contributed by atoms with Crippen molar-refractivity contribution in [2.45, 2.75) is 24.8 Å². The Kier molecular flexibility index (Phi) is 4.28. The topological polar surface area (TPSA) is 61.8 Å². The lowest BCUT2D eigenvalue weighted by molar-refractivity contribution is 0.0548. The van der Waals surface area contributed by atoms with Crippen LogP contribution in [0.2, 0.25) is 0 Å². The van der Waals surface area contributed by atoms with Crippen molar-refractivity contribution in [1.82, 2.24) is 0 Å². The van der Waals surface area contributed by atoms with E-state index in [0.717, 1.165) is 11.1 Å². The van der Waals surface area contributed by atoms with Gasteiger partial charge in [-0.05, 0) is 37.6 Å². The molecule has 0 bridgehead atoms. The number of hydrogen-bond donors (Lipinski definition) is 0. The summed E-state index contributed by atoms with van der Waals surface area (Å²) >= 11 is 0. The molecule has 0 aromatic heterocycles. The summed E-state index contributed by atoms with van der Waals surface area (Å²) in [5.41, 5.74) is 1.92. The van der Waals surface area contributed by atoms with E-state index < -0.39 is 16.2 Å². The van der Waals surface area contributed by atoms with Crippen LogP contribution < -0.4 is 9.47 Å². The van der Waals surface area contributed by atoms with Crippen molar-refractivity contribution in [3.05, 3.63) is 53.6 Å². The summed E-state index contributed by atoms with van der Waals surface area (Å²) in [6.45, 7) is 3.96. The minimum Gasteiger partial charge on any atom is -0.486 e. The number of ether oxygens (including phenoxy) is 2. The first-order valence-electron chi connectivity index (χ1n) is 7.31. The lowest BCUT2D eigenvalue weighted by Gasteiger charge is -2.27. The van der Waals surface area contributed by atoms with Crippen LogP contribution in [0.3, 0.4) is 0 Å². The number of para-hydroxylation sites is 1. The van der Waals surface area contributed by atoms with Gasteiger partial charge in [0.15, 0.2) is 17.6 Å².